The molecule has 1 fully saturated rings. The van der Waals surface area contributed by atoms with Crippen molar-refractivity contribution in [1.82, 2.24) is 10.2 Å². The van der Waals surface area contributed by atoms with Gasteiger partial charge in [0.15, 0.2) is 0 Å². The highest BCUT2D eigenvalue weighted by Crippen LogP contribution is 2.31. The van der Waals surface area contributed by atoms with Crippen molar-refractivity contribution >= 4 is 29.0 Å². The number of nitro groups is 1. The first-order chi connectivity index (χ1) is 11.3. The zero-order valence-electron chi connectivity index (χ0n) is 12.5. The van der Waals surface area contributed by atoms with Crippen LogP contribution >= 0.6 is 11.3 Å². The Bertz CT molecular complexity index is 839. The van der Waals surface area contributed by atoms with Gasteiger partial charge in [-0.25, -0.2) is 9.18 Å². The van der Waals surface area contributed by atoms with Crippen LogP contribution in [0.15, 0.2) is 35.0 Å². The number of imide groups is 1. The molecule has 0 unspecified atom stereocenters. The van der Waals surface area contributed by atoms with Crippen molar-refractivity contribution in [3.63, 3.8) is 0 Å². The van der Waals surface area contributed by atoms with Crippen LogP contribution in [0.4, 0.5) is 14.9 Å². The van der Waals surface area contributed by atoms with Crippen LogP contribution in [0.3, 0.4) is 0 Å². The zero-order valence-corrected chi connectivity index (χ0v) is 13.3. The Hall–Kier alpha value is -2.81. The summed E-state index contributed by atoms with van der Waals surface area (Å²) in [5.41, 5.74) is -0.915. The van der Waals surface area contributed by atoms with E-state index in [9.17, 15) is 24.1 Å². The Morgan fingerprint density at radius 1 is 1.38 bits per heavy atom. The van der Waals surface area contributed by atoms with Crippen molar-refractivity contribution in [2.24, 2.45) is 0 Å². The highest BCUT2D eigenvalue weighted by atomic mass is 32.1. The summed E-state index contributed by atoms with van der Waals surface area (Å²) in [4.78, 5) is 35.6. The third kappa shape index (κ3) is 2.52. The molecule has 0 radical (unpaired) electrons. The summed E-state index contributed by atoms with van der Waals surface area (Å²) in [5.74, 6) is -1.34. The zero-order chi connectivity index (χ0) is 17.5. The molecule has 1 aromatic heterocycles. The molecule has 1 aromatic carbocycles. The molecule has 1 aliphatic rings. The van der Waals surface area contributed by atoms with Crippen LogP contribution in [-0.2, 0) is 16.9 Å². The lowest BCUT2D eigenvalue weighted by Gasteiger charge is -2.20. The van der Waals surface area contributed by atoms with E-state index in [0.717, 1.165) is 17.0 Å². The number of carbonyl (C=O) groups excluding carboxylic acids is 2. The number of halogens is 1. The first-order valence-corrected chi connectivity index (χ1v) is 7.87. The number of nitro benzene ring substituents is 1. The molecule has 0 aliphatic carbocycles. The number of nitrogens with one attached hydrogen (secondary N) is 1. The van der Waals surface area contributed by atoms with Crippen molar-refractivity contribution in [3.05, 3.63) is 62.1 Å². The van der Waals surface area contributed by atoms with Gasteiger partial charge in [-0.3, -0.25) is 19.8 Å². The van der Waals surface area contributed by atoms with E-state index in [1.807, 2.05) is 0 Å². The molecular formula is C15H12FN3O4S. The summed E-state index contributed by atoms with van der Waals surface area (Å²) < 4.78 is 14.0. The van der Waals surface area contributed by atoms with E-state index in [1.165, 1.54) is 17.4 Å². The van der Waals surface area contributed by atoms with Crippen molar-refractivity contribution in [2.75, 3.05) is 0 Å². The monoisotopic (exact) mass is 349 g/mol. The molecule has 1 N–H and O–H groups in total. The number of benzene rings is 1. The van der Waals surface area contributed by atoms with Gasteiger partial charge in [-0.05, 0) is 35.4 Å². The normalized spacial score (nSPS) is 20.3. The Kier molecular flexibility index (Phi) is 3.80. The van der Waals surface area contributed by atoms with Crippen LogP contribution in [0, 0.1) is 15.9 Å². The second-order valence-corrected chi connectivity index (χ2v) is 6.27. The highest BCUT2D eigenvalue weighted by molar-refractivity contribution is 7.08. The second kappa shape index (κ2) is 5.68. The molecule has 24 heavy (non-hydrogen) atoms. The molecule has 1 saturated heterocycles. The first-order valence-electron chi connectivity index (χ1n) is 6.92. The SMILES string of the molecule is C[C@]1(c2ccsc2)NC(=O)N(Cc2ccc([N+](=O)[O-])cc2F)C1=O. The van der Waals surface area contributed by atoms with E-state index in [4.69, 9.17) is 0 Å². The summed E-state index contributed by atoms with van der Waals surface area (Å²) in [6.45, 7) is 1.29. The van der Waals surface area contributed by atoms with Gasteiger partial charge in [0.2, 0.25) is 0 Å². The number of carbonyl (C=O) groups is 2. The summed E-state index contributed by atoms with van der Waals surface area (Å²) in [6.07, 6.45) is 0. The number of urea groups is 1. The predicted octanol–water partition coefficient (Wildman–Crippen LogP) is 2.76. The van der Waals surface area contributed by atoms with Gasteiger partial charge in [0, 0.05) is 11.6 Å². The third-order valence-corrected chi connectivity index (χ3v) is 4.63. The number of hydrogen-bond donors (Lipinski definition) is 1. The molecule has 3 rings (SSSR count). The van der Waals surface area contributed by atoms with E-state index in [0.29, 0.717) is 5.56 Å². The van der Waals surface area contributed by atoms with Crippen LogP contribution in [-0.4, -0.2) is 21.8 Å². The number of non-ortho nitro benzene ring substituents is 1. The molecule has 0 spiro atoms. The van der Waals surface area contributed by atoms with Gasteiger partial charge in [0.05, 0.1) is 17.5 Å². The van der Waals surface area contributed by atoms with Gasteiger partial charge in [-0.2, -0.15) is 11.3 Å². The highest BCUT2D eigenvalue weighted by Gasteiger charge is 2.49. The van der Waals surface area contributed by atoms with Gasteiger partial charge in [-0.1, -0.05) is 0 Å². The predicted molar refractivity (Wildman–Crippen MR) is 83.8 cm³/mol. The Balaban J connectivity index is 1.87. The molecule has 1 aliphatic heterocycles. The van der Waals surface area contributed by atoms with Gasteiger partial charge >= 0.3 is 6.03 Å². The van der Waals surface area contributed by atoms with Crippen LogP contribution in [0.5, 0.6) is 0 Å². The molecule has 124 valence electrons. The molecule has 0 bridgehead atoms. The average molecular weight is 349 g/mol. The molecule has 7 nitrogen and oxygen atoms in total. The standard InChI is InChI=1S/C15H12FN3O4S/c1-15(10-4-5-24-8-10)13(20)18(14(21)17-15)7-9-2-3-11(19(22)23)6-12(9)16/h2-6,8H,7H2,1H3,(H,17,21)/t15-/m1/s1. The molecule has 9 heteroatoms. The molecule has 2 heterocycles. The number of rotatable bonds is 4. The quantitative estimate of drug-likeness (QED) is 0.522. The van der Waals surface area contributed by atoms with Gasteiger partial charge in [0.25, 0.3) is 11.6 Å². The minimum absolute atomic E-state index is 0.0265. The van der Waals surface area contributed by atoms with Crippen molar-refractivity contribution in [2.45, 2.75) is 19.0 Å². The van der Waals surface area contributed by atoms with E-state index >= 15 is 0 Å². The van der Waals surface area contributed by atoms with E-state index < -0.39 is 33.9 Å². The van der Waals surface area contributed by atoms with Gasteiger partial charge in [0.1, 0.15) is 11.4 Å². The third-order valence-electron chi connectivity index (χ3n) is 3.95. The largest absolute Gasteiger partial charge is 0.325 e. The Morgan fingerprint density at radius 2 is 2.12 bits per heavy atom. The Labute approximate surface area is 139 Å². The van der Waals surface area contributed by atoms with Crippen LogP contribution in [0.2, 0.25) is 0 Å². The molecule has 0 saturated carbocycles. The molecule has 2 aromatic rings. The lowest BCUT2D eigenvalue weighted by Crippen LogP contribution is -2.40. The lowest BCUT2D eigenvalue weighted by atomic mass is 9.95. The maximum atomic E-state index is 14.0. The maximum Gasteiger partial charge on any atom is 0.325 e. The topological polar surface area (TPSA) is 92.6 Å². The maximum absolute atomic E-state index is 14.0. The van der Waals surface area contributed by atoms with E-state index in [-0.39, 0.29) is 12.1 Å². The number of nitrogens with zero attached hydrogens (tertiary/aromatic N) is 2. The number of thiophene rings is 1. The first kappa shape index (κ1) is 16.1. The summed E-state index contributed by atoms with van der Waals surface area (Å²) in [5, 5.41) is 16.8. The van der Waals surface area contributed by atoms with Crippen LogP contribution in [0.1, 0.15) is 18.1 Å². The fraction of sp³-hybridized carbons (Fsp3) is 0.200. The summed E-state index contributed by atoms with van der Waals surface area (Å²) in [7, 11) is 0. The summed E-state index contributed by atoms with van der Waals surface area (Å²) in [6, 6.07) is 4.21. The van der Waals surface area contributed by atoms with Gasteiger partial charge < -0.3 is 5.32 Å². The molecule has 1 atom stereocenters. The minimum atomic E-state index is -1.20. The molecular weight excluding hydrogens is 337 g/mol. The molecule has 3 amide bonds. The Morgan fingerprint density at radius 3 is 2.71 bits per heavy atom. The van der Waals surface area contributed by atoms with E-state index in [1.54, 1.807) is 23.8 Å². The smallest absolute Gasteiger partial charge is 0.319 e. The fourth-order valence-electron chi connectivity index (χ4n) is 2.53. The lowest BCUT2D eigenvalue weighted by molar-refractivity contribution is -0.385. The van der Waals surface area contributed by atoms with Crippen molar-refractivity contribution in [3.8, 4) is 0 Å². The van der Waals surface area contributed by atoms with Gasteiger partial charge in [-0.15, -0.1) is 0 Å². The number of amides is 3. The number of hydrogen-bond acceptors (Lipinski definition) is 5. The van der Waals surface area contributed by atoms with Crippen LogP contribution < -0.4 is 5.32 Å². The average Bonchev–Trinajstić information content (AvgIpc) is 3.13. The fourth-order valence-corrected chi connectivity index (χ4v) is 3.30. The summed E-state index contributed by atoms with van der Waals surface area (Å²) >= 11 is 1.39. The van der Waals surface area contributed by atoms with Crippen molar-refractivity contribution < 1.29 is 18.9 Å². The van der Waals surface area contributed by atoms with E-state index in [2.05, 4.69) is 5.32 Å². The van der Waals surface area contributed by atoms with Crippen molar-refractivity contribution in [1.29, 1.82) is 0 Å². The van der Waals surface area contributed by atoms with Crippen LogP contribution in [0.25, 0.3) is 0 Å². The second-order valence-electron chi connectivity index (χ2n) is 5.49. The minimum Gasteiger partial charge on any atom is -0.319 e.